The van der Waals surface area contributed by atoms with Gasteiger partial charge in [0.15, 0.2) is 11.5 Å². The second-order valence-corrected chi connectivity index (χ2v) is 6.70. The van der Waals surface area contributed by atoms with E-state index in [0.717, 1.165) is 31.8 Å². The van der Waals surface area contributed by atoms with Crippen LogP contribution in [0, 0.1) is 11.8 Å². The lowest BCUT2D eigenvalue weighted by molar-refractivity contribution is 0.0915. The van der Waals surface area contributed by atoms with E-state index in [1.54, 1.807) is 0 Å². The minimum Gasteiger partial charge on any atom is -0.502 e. The molecule has 6 heteroatoms. The number of carbonyl (C=O) groups excluding carboxylic acids is 1. The van der Waals surface area contributed by atoms with Gasteiger partial charge in [0.05, 0.1) is 0 Å². The van der Waals surface area contributed by atoms with Gasteiger partial charge in [-0.3, -0.25) is 9.59 Å². The third kappa shape index (κ3) is 5.39. The molecule has 0 saturated carbocycles. The summed E-state index contributed by atoms with van der Waals surface area (Å²) in [6, 6.07) is 1.01. The summed E-state index contributed by atoms with van der Waals surface area (Å²) in [5.74, 6) is 0.282. The van der Waals surface area contributed by atoms with Crippen molar-refractivity contribution in [3.05, 3.63) is 28.3 Å². The van der Waals surface area contributed by atoms with E-state index in [2.05, 4.69) is 24.1 Å². The summed E-state index contributed by atoms with van der Waals surface area (Å²) in [6.45, 7) is 8.40. The first-order valence-electron chi connectivity index (χ1n) is 8.28. The Bertz CT molecular complexity index is 582. The second-order valence-electron chi connectivity index (χ2n) is 6.70. The van der Waals surface area contributed by atoms with Crippen molar-refractivity contribution >= 4 is 5.91 Å². The quantitative estimate of drug-likeness (QED) is 0.835. The molecule has 2 rings (SSSR count). The number of hydrogen-bond acceptors (Lipinski definition) is 5. The Balaban J connectivity index is 1.76. The van der Waals surface area contributed by atoms with Crippen LogP contribution in [0.15, 0.2) is 21.5 Å². The van der Waals surface area contributed by atoms with Crippen LogP contribution in [-0.2, 0) is 0 Å². The van der Waals surface area contributed by atoms with Crippen LogP contribution in [0.25, 0.3) is 0 Å². The van der Waals surface area contributed by atoms with Crippen LogP contribution in [-0.4, -0.2) is 42.1 Å². The molecule has 128 valence electrons. The smallest absolute Gasteiger partial charge is 0.287 e. The van der Waals surface area contributed by atoms with E-state index >= 15 is 0 Å². The Morgan fingerprint density at radius 1 is 1.52 bits per heavy atom. The molecule has 0 aromatic carbocycles. The van der Waals surface area contributed by atoms with Crippen molar-refractivity contribution in [1.29, 1.82) is 0 Å². The lowest BCUT2D eigenvalue weighted by Gasteiger charge is -2.33. The van der Waals surface area contributed by atoms with Crippen LogP contribution in [0.2, 0.25) is 0 Å². The number of nitrogens with one attached hydrogen (secondary N) is 1. The normalized spacial score (nSPS) is 19.0. The first kappa shape index (κ1) is 17.5. The molecular formula is C17H26N2O4. The predicted octanol–water partition coefficient (Wildman–Crippen LogP) is 1.83. The largest absolute Gasteiger partial charge is 0.502 e. The maximum atomic E-state index is 11.9. The van der Waals surface area contributed by atoms with Gasteiger partial charge in [0, 0.05) is 25.7 Å². The van der Waals surface area contributed by atoms with E-state index < -0.39 is 17.1 Å². The molecule has 2 heterocycles. The van der Waals surface area contributed by atoms with Gasteiger partial charge in [0.25, 0.3) is 5.91 Å². The predicted molar refractivity (Wildman–Crippen MR) is 87.6 cm³/mol. The van der Waals surface area contributed by atoms with Crippen LogP contribution in [0.5, 0.6) is 5.75 Å². The van der Waals surface area contributed by atoms with Crippen molar-refractivity contribution in [3.8, 4) is 5.75 Å². The molecule has 23 heavy (non-hydrogen) atoms. The van der Waals surface area contributed by atoms with E-state index in [-0.39, 0.29) is 5.76 Å². The van der Waals surface area contributed by atoms with Crippen molar-refractivity contribution in [2.45, 2.75) is 33.1 Å². The van der Waals surface area contributed by atoms with E-state index in [0.29, 0.717) is 18.4 Å². The Morgan fingerprint density at radius 3 is 3.00 bits per heavy atom. The van der Waals surface area contributed by atoms with Gasteiger partial charge in [-0.15, -0.1) is 0 Å². The Labute approximate surface area is 136 Å². The van der Waals surface area contributed by atoms with Gasteiger partial charge in [-0.25, -0.2) is 0 Å². The highest BCUT2D eigenvalue weighted by Gasteiger charge is 2.20. The molecule has 1 fully saturated rings. The van der Waals surface area contributed by atoms with Crippen LogP contribution in [0.1, 0.15) is 43.7 Å². The first-order chi connectivity index (χ1) is 11.0. The molecule has 0 spiro atoms. The second kappa shape index (κ2) is 8.15. The molecule has 1 aliphatic rings. The number of aromatic hydroxyl groups is 1. The number of amides is 1. The summed E-state index contributed by atoms with van der Waals surface area (Å²) in [7, 11) is 0. The van der Waals surface area contributed by atoms with Crippen molar-refractivity contribution in [2.24, 2.45) is 11.8 Å². The van der Waals surface area contributed by atoms with Gasteiger partial charge in [0.1, 0.15) is 6.26 Å². The van der Waals surface area contributed by atoms with Crippen molar-refractivity contribution in [3.63, 3.8) is 0 Å². The minimum absolute atomic E-state index is 0.0714. The lowest BCUT2D eigenvalue weighted by Crippen LogP contribution is -2.39. The Hall–Kier alpha value is -1.82. The topological polar surface area (TPSA) is 82.8 Å². The van der Waals surface area contributed by atoms with Gasteiger partial charge in [-0.05, 0) is 37.6 Å². The zero-order valence-electron chi connectivity index (χ0n) is 13.9. The fraction of sp³-hybridized carbons (Fsp3) is 0.647. The summed E-state index contributed by atoms with van der Waals surface area (Å²) in [5, 5.41) is 11.9. The third-order valence-electron chi connectivity index (χ3n) is 4.10. The molecule has 1 aliphatic heterocycles. The van der Waals surface area contributed by atoms with E-state index in [1.807, 2.05) is 0 Å². The molecule has 1 saturated heterocycles. The third-order valence-corrected chi connectivity index (χ3v) is 4.10. The standard InChI is InChI=1S/C17H26N2O4/c1-12(2)9-19-7-3-4-13(10-19)5-6-18-17(22)16-8-14(20)15(21)11-23-16/h8,11-13,21H,3-7,9-10H2,1-2H3,(H,18,22). The molecule has 1 aromatic heterocycles. The summed E-state index contributed by atoms with van der Waals surface area (Å²) in [4.78, 5) is 25.7. The molecule has 1 unspecified atom stereocenters. The Kier molecular flexibility index (Phi) is 6.21. The van der Waals surface area contributed by atoms with Crippen LogP contribution < -0.4 is 10.7 Å². The average Bonchev–Trinajstić information content (AvgIpc) is 2.49. The van der Waals surface area contributed by atoms with Gasteiger partial charge in [0.2, 0.25) is 5.43 Å². The summed E-state index contributed by atoms with van der Waals surface area (Å²) >= 11 is 0. The highest BCUT2D eigenvalue weighted by Crippen LogP contribution is 2.20. The summed E-state index contributed by atoms with van der Waals surface area (Å²) < 4.78 is 4.93. The summed E-state index contributed by atoms with van der Waals surface area (Å²) in [6.07, 6.45) is 4.21. The number of likely N-dealkylation sites (tertiary alicyclic amines) is 1. The molecule has 0 radical (unpaired) electrons. The molecule has 1 atom stereocenters. The van der Waals surface area contributed by atoms with Gasteiger partial charge < -0.3 is 19.7 Å². The minimum atomic E-state index is -0.613. The van der Waals surface area contributed by atoms with Crippen molar-refractivity contribution in [2.75, 3.05) is 26.2 Å². The number of nitrogens with zero attached hydrogens (tertiary/aromatic N) is 1. The van der Waals surface area contributed by atoms with Crippen LogP contribution in [0.3, 0.4) is 0 Å². The van der Waals surface area contributed by atoms with E-state index in [1.165, 1.54) is 19.4 Å². The maximum absolute atomic E-state index is 11.9. The zero-order valence-corrected chi connectivity index (χ0v) is 13.9. The molecule has 1 amide bonds. The van der Waals surface area contributed by atoms with E-state index in [4.69, 9.17) is 9.52 Å². The van der Waals surface area contributed by atoms with Gasteiger partial charge in [-0.2, -0.15) is 0 Å². The SMILES string of the molecule is CC(C)CN1CCCC(CCNC(=O)c2cc(=O)c(O)co2)C1. The monoisotopic (exact) mass is 322 g/mol. The van der Waals surface area contributed by atoms with Crippen LogP contribution in [0.4, 0.5) is 0 Å². The highest BCUT2D eigenvalue weighted by atomic mass is 16.4. The fourth-order valence-corrected chi connectivity index (χ4v) is 3.07. The number of rotatable bonds is 6. The van der Waals surface area contributed by atoms with Gasteiger partial charge in [-0.1, -0.05) is 13.8 Å². The van der Waals surface area contributed by atoms with Crippen molar-refractivity contribution < 1.29 is 14.3 Å². The maximum Gasteiger partial charge on any atom is 0.287 e. The van der Waals surface area contributed by atoms with Crippen LogP contribution >= 0.6 is 0 Å². The van der Waals surface area contributed by atoms with Crippen molar-refractivity contribution in [1.82, 2.24) is 10.2 Å². The van der Waals surface area contributed by atoms with E-state index in [9.17, 15) is 9.59 Å². The molecule has 1 aromatic rings. The summed E-state index contributed by atoms with van der Waals surface area (Å²) in [5.41, 5.74) is -0.613. The molecule has 0 aliphatic carbocycles. The number of piperidine rings is 1. The molecule has 0 bridgehead atoms. The Morgan fingerprint density at radius 2 is 2.30 bits per heavy atom. The molecule has 2 N–H and O–H groups in total. The molecular weight excluding hydrogens is 296 g/mol. The highest BCUT2D eigenvalue weighted by molar-refractivity contribution is 5.91. The average molecular weight is 322 g/mol. The number of carbonyl (C=O) groups is 1. The first-order valence-corrected chi connectivity index (χ1v) is 8.28. The number of hydrogen-bond donors (Lipinski definition) is 2. The zero-order chi connectivity index (χ0) is 16.8. The lowest BCUT2D eigenvalue weighted by atomic mass is 9.94. The molecule has 6 nitrogen and oxygen atoms in total. The van der Waals surface area contributed by atoms with Gasteiger partial charge >= 0.3 is 0 Å². The fourth-order valence-electron chi connectivity index (χ4n) is 3.07.